The highest BCUT2D eigenvalue weighted by Crippen LogP contribution is 2.33. The molecule has 9 heteroatoms. The van der Waals surface area contributed by atoms with Crippen LogP contribution >= 0.6 is 0 Å². The summed E-state index contributed by atoms with van der Waals surface area (Å²) in [6.45, 7) is 2.47. The van der Waals surface area contributed by atoms with Gasteiger partial charge in [0.2, 0.25) is 21.8 Å². The number of sulfonamides is 1. The molecule has 1 aliphatic carbocycles. The number of aryl methyl sites for hydroxylation is 1. The molecule has 1 heterocycles. The fourth-order valence-electron chi connectivity index (χ4n) is 4.79. The van der Waals surface area contributed by atoms with Gasteiger partial charge >= 0.3 is 0 Å². The summed E-state index contributed by atoms with van der Waals surface area (Å²) >= 11 is 0. The van der Waals surface area contributed by atoms with Crippen molar-refractivity contribution in [2.75, 3.05) is 18.0 Å². The number of nitrogens with one attached hydrogen (secondary N) is 1. The Balaban J connectivity index is 1.73. The highest BCUT2D eigenvalue weighted by Gasteiger charge is 2.51. The lowest BCUT2D eigenvalue weighted by Gasteiger charge is -2.47. The predicted molar refractivity (Wildman–Crippen MR) is 127 cm³/mol. The smallest absolute Gasteiger partial charge is 0.247 e. The number of anilines is 1. The number of amides is 2. The maximum Gasteiger partial charge on any atom is 0.247 e. The molecule has 4 rings (SSSR count). The maximum absolute atomic E-state index is 14.4. The number of carbonyl (C=O) groups excluding carboxylic acids is 2. The van der Waals surface area contributed by atoms with Crippen molar-refractivity contribution in [1.29, 1.82) is 0 Å². The summed E-state index contributed by atoms with van der Waals surface area (Å²) < 4.78 is 42.2. The molecular formula is C25H30FN3O4S. The van der Waals surface area contributed by atoms with Gasteiger partial charge in [0, 0.05) is 18.3 Å². The van der Waals surface area contributed by atoms with E-state index in [-0.39, 0.29) is 23.2 Å². The zero-order chi connectivity index (χ0) is 24.5. The first kappa shape index (κ1) is 24.3. The Bertz CT molecular complexity index is 1180. The van der Waals surface area contributed by atoms with Crippen molar-refractivity contribution in [2.45, 2.75) is 62.4 Å². The molecule has 0 unspecified atom stereocenters. The Morgan fingerprint density at radius 3 is 2.41 bits per heavy atom. The van der Waals surface area contributed by atoms with Crippen LogP contribution in [0.3, 0.4) is 0 Å². The summed E-state index contributed by atoms with van der Waals surface area (Å²) in [5.41, 5.74) is -0.919. The van der Waals surface area contributed by atoms with Crippen LogP contribution < -0.4 is 10.2 Å². The number of halogens is 1. The van der Waals surface area contributed by atoms with Crippen molar-refractivity contribution < 1.29 is 22.4 Å². The molecule has 0 aromatic heterocycles. The monoisotopic (exact) mass is 487 g/mol. The molecule has 0 radical (unpaired) electrons. The number of hydrogen-bond acceptors (Lipinski definition) is 4. The minimum absolute atomic E-state index is 0.0362. The van der Waals surface area contributed by atoms with Crippen molar-refractivity contribution in [3.8, 4) is 0 Å². The fraction of sp³-hybridized carbons (Fsp3) is 0.440. The van der Waals surface area contributed by atoms with Crippen LogP contribution in [0, 0.1) is 12.7 Å². The van der Waals surface area contributed by atoms with Gasteiger partial charge < -0.3 is 5.32 Å². The van der Waals surface area contributed by atoms with Gasteiger partial charge in [0.15, 0.2) is 0 Å². The van der Waals surface area contributed by atoms with Gasteiger partial charge in [-0.1, -0.05) is 43.5 Å². The van der Waals surface area contributed by atoms with Crippen LogP contribution in [0.4, 0.5) is 10.1 Å². The van der Waals surface area contributed by atoms with E-state index in [9.17, 15) is 22.4 Å². The van der Waals surface area contributed by atoms with E-state index >= 15 is 0 Å². The quantitative estimate of drug-likeness (QED) is 0.701. The first-order valence-corrected chi connectivity index (χ1v) is 13.0. The van der Waals surface area contributed by atoms with Crippen LogP contribution in [0.2, 0.25) is 0 Å². The van der Waals surface area contributed by atoms with Gasteiger partial charge in [-0.25, -0.2) is 12.8 Å². The molecule has 0 bridgehead atoms. The van der Waals surface area contributed by atoms with Crippen molar-refractivity contribution in [1.82, 2.24) is 9.62 Å². The van der Waals surface area contributed by atoms with Gasteiger partial charge in [0.05, 0.1) is 11.4 Å². The summed E-state index contributed by atoms with van der Waals surface area (Å²) in [6, 6.07) is 12.2. The van der Waals surface area contributed by atoms with E-state index in [1.807, 2.05) is 0 Å². The van der Waals surface area contributed by atoms with Gasteiger partial charge in [0.1, 0.15) is 11.4 Å². The van der Waals surface area contributed by atoms with Gasteiger partial charge in [-0.3, -0.25) is 14.5 Å². The maximum atomic E-state index is 14.4. The summed E-state index contributed by atoms with van der Waals surface area (Å²) in [5.74, 6) is -1.53. The van der Waals surface area contributed by atoms with Gasteiger partial charge in [-0.15, -0.1) is 0 Å². The lowest BCUT2D eigenvalue weighted by atomic mass is 9.91. The average Bonchev–Trinajstić information content (AvgIpc) is 2.82. The van der Waals surface area contributed by atoms with Gasteiger partial charge in [-0.2, -0.15) is 4.31 Å². The molecule has 1 atom stereocenters. The van der Waals surface area contributed by atoms with Crippen LogP contribution in [0.1, 0.15) is 44.6 Å². The number of piperazine rings is 1. The normalized spacial score (nSPS) is 22.6. The van der Waals surface area contributed by atoms with Crippen LogP contribution in [-0.4, -0.2) is 49.2 Å². The molecule has 7 nitrogen and oxygen atoms in total. The Kier molecular flexibility index (Phi) is 6.78. The highest BCUT2D eigenvalue weighted by molar-refractivity contribution is 7.89. The first-order valence-electron chi connectivity index (χ1n) is 11.6. The Labute approximate surface area is 200 Å². The largest absolute Gasteiger partial charge is 0.351 e. The van der Waals surface area contributed by atoms with Crippen molar-refractivity contribution in [3.05, 3.63) is 59.9 Å². The molecule has 1 saturated carbocycles. The lowest BCUT2D eigenvalue weighted by Crippen LogP contribution is -2.70. The second-order valence-electron chi connectivity index (χ2n) is 9.33. The van der Waals surface area contributed by atoms with E-state index in [0.717, 1.165) is 36.4 Å². The van der Waals surface area contributed by atoms with Crippen molar-refractivity contribution in [3.63, 3.8) is 0 Å². The number of carbonyl (C=O) groups is 2. The topological polar surface area (TPSA) is 86.8 Å². The molecule has 1 aliphatic heterocycles. The van der Waals surface area contributed by atoms with E-state index in [2.05, 4.69) is 5.32 Å². The van der Waals surface area contributed by atoms with Crippen LogP contribution in [-0.2, 0) is 19.6 Å². The Morgan fingerprint density at radius 2 is 1.76 bits per heavy atom. The number of nitrogens with zero attached hydrogens (tertiary/aromatic N) is 2. The molecule has 1 N–H and O–H groups in total. The Hall–Kier alpha value is -2.78. The fourth-order valence-corrected chi connectivity index (χ4v) is 6.29. The molecule has 2 aromatic carbocycles. The molecule has 1 saturated heterocycles. The molecule has 0 spiro atoms. The van der Waals surface area contributed by atoms with Gasteiger partial charge in [0.25, 0.3) is 0 Å². The second-order valence-corrected chi connectivity index (χ2v) is 11.3. The summed E-state index contributed by atoms with van der Waals surface area (Å²) in [5, 5.41) is 3.04. The molecule has 2 aromatic rings. The summed E-state index contributed by atoms with van der Waals surface area (Å²) in [6.07, 6.45) is 4.78. The van der Waals surface area contributed by atoms with Crippen LogP contribution in [0.15, 0.2) is 53.4 Å². The third-order valence-electron chi connectivity index (χ3n) is 6.76. The zero-order valence-electron chi connectivity index (χ0n) is 19.5. The summed E-state index contributed by atoms with van der Waals surface area (Å²) in [4.78, 5) is 28.4. The van der Waals surface area contributed by atoms with E-state index in [1.165, 1.54) is 23.1 Å². The third-order valence-corrected chi connectivity index (χ3v) is 8.57. The van der Waals surface area contributed by atoms with Gasteiger partial charge in [-0.05, 0) is 56.5 Å². The number of benzene rings is 2. The summed E-state index contributed by atoms with van der Waals surface area (Å²) in [7, 11) is -4.02. The number of rotatable bonds is 5. The van der Waals surface area contributed by atoms with Crippen LogP contribution in [0.5, 0.6) is 0 Å². The number of hydrogen-bond donors (Lipinski definition) is 1. The van der Waals surface area contributed by atoms with E-state index in [1.54, 1.807) is 44.2 Å². The van der Waals surface area contributed by atoms with E-state index in [4.69, 9.17) is 0 Å². The Morgan fingerprint density at radius 1 is 1.09 bits per heavy atom. The third kappa shape index (κ3) is 4.59. The molecule has 34 heavy (non-hydrogen) atoms. The van der Waals surface area contributed by atoms with E-state index in [0.29, 0.717) is 5.56 Å². The minimum Gasteiger partial charge on any atom is -0.351 e. The SMILES string of the molecule is Cc1ccc(N2C(=O)CN(S(=O)(=O)c3ccccc3)C[C@@]2(C)C(=O)NC2CCCCC2)cc1F. The van der Waals surface area contributed by atoms with Crippen molar-refractivity contribution >= 4 is 27.5 Å². The van der Waals surface area contributed by atoms with Crippen LogP contribution in [0.25, 0.3) is 0 Å². The second kappa shape index (κ2) is 9.46. The van der Waals surface area contributed by atoms with Crippen molar-refractivity contribution in [2.24, 2.45) is 0 Å². The lowest BCUT2D eigenvalue weighted by molar-refractivity contribution is -0.133. The molecule has 2 aliphatic rings. The predicted octanol–water partition coefficient (Wildman–Crippen LogP) is 3.38. The first-order chi connectivity index (χ1) is 16.1. The highest BCUT2D eigenvalue weighted by atomic mass is 32.2. The molecule has 182 valence electrons. The average molecular weight is 488 g/mol. The molecule has 2 amide bonds. The van der Waals surface area contributed by atoms with E-state index < -0.39 is 39.7 Å². The molecule has 2 fully saturated rings. The standard InChI is InChI=1S/C25H30FN3O4S/c1-18-13-14-20(15-22(18)26)29-23(30)16-28(34(32,33)21-11-7-4-8-12-21)17-25(29,2)24(31)27-19-9-5-3-6-10-19/h4,7-8,11-15,19H,3,5-6,9-10,16-17H2,1-2H3,(H,27,31)/t25-/m0/s1. The minimum atomic E-state index is -4.02. The molecular weight excluding hydrogens is 457 g/mol. The zero-order valence-corrected chi connectivity index (χ0v) is 20.3.